The normalized spacial score (nSPS) is 15.8. The van der Waals surface area contributed by atoms with Gasteiger partial charge in [-0.25, -0.2) is 9.18 Å². The zero-order valence-electron chi connectivity index (χ0n) is 17.8. The molecule has 9 heteroatoms. The number of likely N-dealkylation sites (N-methyl/N-ethyl adjacent to an activating group) is 1. The highest BCUT2D eigenvalue weighted by atomic mass is 32.1. The van der Waals surface area contributed by atoms with Crippen LogP contribution in [0.25, 0.3) is 0 Å². The van der Waals surface area contributed by atoms with Gasteiger partial charge in [-0.2, -0.15) is 0 Å². The summed E-state index contributed by atoms with van der Waals surface area (Å²) in [4.78, 5) is 40.5. The van der Waals surface area contributed by atoms with Gasteiger partial charge >= 0.3 is 5.97 Å². The first-order chi connectivity index (χ1) is 15.3. The lowest BCUT2D eigenvalue weighted by molar-refractivity contribution is -0.130. The fourth-order valence-electron chi connectivity index (χ4n) is 3.44. The van der Waals surface area contributed by atoms with Crippen LogP contribution in [0, 0.1) is 5.82 Å². The van der Waals surface area contributed by atoms with Gasteiger partial charge in [0, 0.05) is 18.8 Å². The van der Waals surface area contributed by atoms with E-state index in [1.54, 1.807) is 48.2 Å². The lowest BCUT2D eigenvalue weighted by atomic mass is 10.1. The van der Waals surface area contributed by atoms with E-state index in [0.29, 0.717) is 22.9 Å². The van der Waals surface area contributed by atoms with Gasteiger partial charge in [0.1, 0.15) is 11.9 Å². The van der Waals surface area contributed by atoms with Gasteiger partial charge in [0.15, 0.2) is 5.11 Å². The molecule has 2 amide bonds. The molecule has 0 unspecified atom stereocenters. The van der Waals surface area contributed by atoms with Crippen molar-refractivity contribution in [3.8, 4) is 0 Å². The Labute approximate surface area is 191 Å². The number of halogens is 1. The van der Waals surface area contributed by atoms with Gasteiger partial charge in [0.05, 0.1) is 18.6 Å². The molecular formula is C23H24FN3O4S. The van der Waals surface area contributed by atoms with Crippen LogP contribution in [0.3, 0.4) is 0 Å². The Morgan fingerprint density at radius 2 is 1.75 bits per heavy atom. The summed E-state index contributed by atoms with van der Waals surface area (Å²) < 4.78 is 18.2. The van der Waals surface area contributed by atoms with E-state index in [4.69, 9.17) is 17.0 Å². The molecule has 0 aliphatic carbocycles. The molecular weight excluding hydrogens is 433 g/mol. The Morgan fingerprint density at radius 3 is 2.34 bits per heavy atom. The molecule has 2 aromatic rings. The van der Waals surface area contributed by atoms with E-state index in [-0.39, 0.29) is 37.2 Å². The predicted molar refractivity (Wildman–Crippen MR) is 121 cm³/mol. The summed E-state index contributed by atoms with van der Waals surface area (Å²) in [5.41, 5.74) is 1.65. The van der Waals surface area contributed by atoms with Gasteiger partial charge in [-0.1, -0.05) is 12.1 Å². The molecule has 0 saturated carbocycles. The molecule has 1 aliphatic rings. The standard InChI is InChI=1S/C23H24FN3O4S/c1-3-26-21(29)19(27(23(26)32)14-15-5-9-17(24)10-6-15)13-20(28)25-18-11-7-16(8-12-18)22(30)31-4-2/h5-12,19H,3-4,13-14H2,1-2H3,(H,25,28)/t19-/m0/s1. The van der Waals surface area contributed by atoms with Crippen LogP contribution in [0.5, 0.6) is 0 Å². The van der Waals surface area contributed by atoms with E-state index >= 15 is 0 Å². The van der Waals surface area contributed by atoms with Crippen molar-refractivity contribution in [1.82, 2.24) is 9.80 Å². The minimum absolute atomic E-state index is 0.101. The quantitative estimate of drug-likeness (QED) is 0.484. The average molecular weight is 458 g/mol. The summed E-state index contributed by atoms with van der Waals surface area (Å²) in [5.74, 6) is -1.40. The van der Waals surface area contributed by atoms with Crippen LogP contribution in [-0.2, 0) is 20.9 Å². The fraction of sp³-hybridized carbons (Fsp3) is 0.304. The number of carbonyl (C=O) groups is 3. The number of amides is 2. The first kappa shape index (κ1) is 23.3. The molecule has 3 rings (SSSR count). The highest BCUT2D eigenvalue weighted by Gasteiger charge is 2.42. The first-order valence-electron chi connectivity index (χ1n) is 10.3. The second-order valence-corrected chi connectivity index (χ2v) is 7.55. The molecule has 1 atom stereocenters. The Hall–Kier alpha value is -3.33. The molecule has 0 spiro atoms. The van der Waals surface area contributed by atoms with Crippen LogP contribution in [0.2, 0.25) is 0 Å². The minimum Gasteiger partial charge on any atom is -0.462 e. The number of rotatable bonds is 8. The highest BCUT2D eigenvalue weighted by molar-refractivity contribution is 7.80. The molecule has 7 nitrogen and oxygen atoms in total. The molecule has 1 N–H and O–H groups in total. The highest BCUT2D eigenvalue weighted by Crippen LogP contribution is 2.24. The van der Waals surface area contributed by atoms with Crippen LogP contribution >= 0.6 is 12.2 Å². The van der Waals surface area contributed by atoms with Gasteiger partial charge in [0.25, 0.3) is 5.91 Å². The van der Waals surface area contributed by atoms with Crippen molar-refractivity contribution in [3.05, 3.63) is 65.5 Å². The number of esters is 1. The molecule has 1 heterocycles. The smallest absolute Gasteiger partial charge is 0.338 e. The van der Waals surface area contributed by atoms with E-state index in [0.717, 1.165) is 5.56 Å². The van der Waals surface area contributed by atoms with E-state index in [1.807, 2.05) is 6.92 Å². The third-order valence-electron chi connectivity index (χ3n) is 5.04. The van der Waals surface area contributed by atoms with Crippen molar-refractivity contribution in [1.29, 1.82) is 0 Å². The van der Waals surface area contributed by atoms with Crippen LogP contribution in [0.1, 0.15) is 36.2 Å². The zero-order valence-corrected chi connectivity index (χ0v) is 18.7. The largest absolute Gasteiger partial charge is 0.462 e. The number of benzene rings is 2. The Bertz CT molecular complexity index is 1010. The fourth-order valence-corrected chi connectivity index (χ4v) is 3.85. The molecule has 2 aromatic carbocycles. The third kappa shape index (κ3) is 5.28. The molecule has 0 radical (unpaired) electrons. The summed E-state index contributed by atoms with van der Waals surface area (Å²) in [7, 11) is 0. The number of nitrogens with one attached hydrogen (secondary N) is 1. The van der Waals surface area contributed by atoms with E-state index < -0.39 is 12.0 Å². The Balaban J connectivity index is 1.70. The molecule has 0 bridgehead atoms. The van der Waals surface area contributed by atoms with Gasteiger partial charge in [0.2, 0.25) is 5.91 Å². The first-order valence-corrected chi connectivity index (χ1v) is 10.7. The maximum absolute atomic E-state index is 13.2. The minimum atomic E-state index is -0.758. The third-order valence-corrected chi connectivity index (χ3v) is 5.50. The second-order valence-electron chi connectivity index (χ2n) is 7.19. The number of ether oxygens (including phenoxy) is 1. The van der Waals surface area contributed by atoms with Crippen molar-refractivity contribution in [2.24, 2.45) is 0 Å². The van der Waals surface area contributed by atoms with Crippen molar-refractivity contribution in [3.63, 3.8) is 0 Å². The van der Waals surface area contributed by atoms with E-state index in [1.165, 1.54) is 17.0 Å². The Kier molecular flexibility index (Phi) is 7.53. The van der Waals surface area contributed by atoms with E-state index in [9.17, 15) is 18.8 Å². The number of hydrogen-bond donors (Lipinski definition) is 1. The molecule has 0 aromatic heterocycles. The Morgan fingerprint density at radius 1 is 1.09 bits per heavy atom. The van der Waals surface area contributed by atoms with Crippen molar-refractivity contribution >= 4 is 40.8 Å². The topological polar surface area (TPSA) is 78.9 Å². The van der Waals surface area contributed by atoms with Gasteiger partial charge in [-0.05, 0) is 68.0 Å². The van der Waals surface area contributed by atoms with Gasteiger partial charge < -0.3 is 15.0 Å². The zero-order chi connectivity index (χ0) is 23.3. The molecule has 1 saturated heterocycles. The summed E-state index contributed by atoms with van der Waals surface area (Å²) in [6.45, 7) is 4.49. The van der Waals surface area contributed by atoms with Crippen LogP contribution in [0.15, 0.2) is 48.5 Å². The lowest BCUT2D eigenvalue weighted by Crippen LogP contribution is -2.37. The maximum atomic E-state index is 13.2. The molecule has 1 aliphatic heterocycles. The van der Waals surface area contributed by atoms with Gasteiger partial charge in [-0.3, -0.25) is 14.5 Å². The average Bonchev–Trinajstić information content (AvgIpc) is 2.99. The molecule has 32 heavy (non-hydrogen) atoms. The number of hydrogen-bond acceptors (Lipinski definition) is 5. The summed E-state index contributed by atoms with van der Waals surface area (Å²) in [6, 6.07) is 11.5. The van der Waals surface area contributed by atoms with Crippen molar-refractivity contribution in [2.75, 3.05) is 18.5 Å². The number of carbonyl (C=O) groups excluding carboxylic acids is 3. The molecule has 1 fully saturated rings. The number of nitrogens with zero attached hydrogens (tertiary/aromatic N) is 2. The summed E-state index contributed by atoms with van der Waals surface area (Å²) in [5, 5.41) is 3.09. The van der Waals surface area contributed by atoms with Crippen molar-refractivity contribution < 1.29 is 23.5 Å². The summed E-state index contributed by atoms with van der Waals surface area (Å²) >= 11 is 5.46. The maximum Gasteiger partial charge on any atom is 0.338 e. The number of thiocarbonyl (C=S) groups is 1. The second kappa shape index (κ2) is 10.3. The SMILES string of the molecule is CCOC(=O)c1ccc(NC(=O)C[C@H]2C(=O)N(CC)C(=S)N2Cc2ccc(F)cc2)cc1. The van der Waals surface area contributed by atoms with Crippen LogP contribution in [-0.4, -0.2) is 51.9 Å². The van der Waals surface area contributed by atoms with Crippen LogP contribution < -0.4 is 5.32 Å². The van der Waals surface area contributed by atoms with Crippen LogP contribution in [0.4, 0.5) is 10.1 Å². The van der Waals surface area contributed by atoms with E-state index in [2.05, 4.69) is 5.32 Å². The molecule has 168 valence electrons. The monoisotopic (exact) mass is 457 g/mol. The predicted octanol–water partition coefficient (Wildman–Crippen LogP) is 3.35. The summed E-state index contributed by atoms with van der Waals surface area (Å²) in [6.07, 6.45) is -0.101. The lowest BCUT2D eigenvalue weighted by Gasteiger charge is -2.24. The number of anilines is 1. The van der Waals surface area contributed by atoms with Gasteiger partial charge in [-0.15, -0.1) is 0 Å². The van der Waals surface area contributed by atoms with Crippen molar-refractivity contribution in [2.45, 2.75) is 32.9 Å².